The van der Waals surface area contributed by atoms with Gasteiger partial charge in [-0.25, -0.2) is 9.97 Å². The molecular formula is C8H3Cl3N2. The van der Waals surface area contributed by atoms with Crippen LogP contribution < -0.4 is 0 Å². The molecule has 0 amide bonds. The van der Waals surface area contributed by atoms with Crippen LogP contribution in [0.4, 0.5) is 0 Å². The number of hydrogen-bond donors (Lipinski definition) is 0. The molecule has 0 radical (unpaired) electrons. The molecule has 2 nitrogen and oxygen atoms in total. The summed E-state index contributed by atoms with van der Waals surface area (Å²) >= 11 is 17.4. The molecule has 0 saturated carbocycles. The van der Waals surface area contributed by atoms with Crippen molar-refractivity contribution in [1.82, 2.24) is 9.97 Å². The average Bonchev–Trinajstić information content (AvgIpc) is 2.12. The van der Waals surface area contributed by atoms with E-state index < -0.39 is 0 Å². The largest absolute Gasteiger partial charge is 0.250 e. The van der Waals surface area contributed by atoms with E-state index in [1.54, 1.807) is 12.1 Å². The molecule has 0 N–H and O–H groups in total. The Labute approximate surface area is 89.5 Å². The first-order chi connectivity index (χ1) is 6.18. The summed E-state index contributed by atoms with van der Waals surface area (Å²) in [6, 6.07) is 3.39. The van der Waals surface area contributed by atoms with Gasteiger partial charge >= 0.3 is 0 Å². The van der Waals surface area contributed by atoms with Crippen molar-refractivity contribution in [2.24, 2.45) is 0 Å². The molecule has 0 aliphatic rings. The van der Waals surface area contributed by atoms with E-state index in [1.807, 2.05) is 0 Å². The van der Waals surface area contributed by atoms with Crippen LogP contribution in [0.3, 0.4) is 0 Å². The van der Waals surface area contributed by atoms with Gasteiger partial charge in [-0.15, -0.1) is 0 Å². The second kappa shape index (κ2) is 3.29. The van der Waals surface area contributed by atoms with Gasteiger partial charge in [0, 0.05) is 0 Å². The van der Waals surface area contributed by atoms with Crippen molar-refractivity contribution in [2.75, 3.05) is 0 Å². The minimum atomic E-state index is 0.339. The van der Waals surface area contributed by atoms with Gasteiger partial charge in [0.1, 0.15) is 10.7 Å². The van der Waals surface area contributed by atoms with E-state index in [9.17, 15) is 0 Å². The van der Waals surface area contributed by atoms with E-state index in [4.69, 9.17) is 34.8 Å². The molecule has 66 valence electrons. The zero-order valence-electron chi connectivity index (χ0n) is 6.26. The van der Waals surface area contributed by atoms with Crippen LogP contribution >= 0.6 is 34.8 Å². The highest BCUT2D eigenvalue weighted by Crippen LogP contribution is 2.28. The average molecular weight is 233 g/mol. The van der Waals surface area contributed by atoms with Gasteiger partial charge < -0.3 is 0 Å². The van der Waals surface area contributed by atoms with Crippen molar-refractivity contribution in [3.05, 3.63) is 33.5 Å². The summed E-state index contributed by atoms with van der Waals surface area (Å²) in [6.45, 7) is 0. The van der Waals surface area contributed by atoms with E-state index in [0.717, 1.165) is 0 Å². The lowest BCUT2D eigenvalue weighted by atomic mass is 10.3. The summed E-state index contributed by atoms with van der Waals surface area (Å²) in [4.78, 5) is 8.07. The summed E-state index contributed by atoms with van der Waals surface area (Å²) in [5.41, 5.74) is 1.21. The highest BCUT2D eigenvalue weighted by Gasteiger charge is 2.05. The summed E-state index contributed by atoms with van der Waals surface area (Å²) in [6.07, 6.45) is 1.44. The van der Waals surface area contributed by atoms with Crippen LogP contribution in [0.1, 0.15) is 0 Å². The van der Waals surface area contributed by atoms with Crippen molar-refractivity contribution in [3.63, 3.8) is 0 Å². The van der Waals surface area contributed by atoms with Crippen LogP contribution in [0.15, 0.2) is 18.3 Å². The van der Waals surface area contributed by atoms with Crippen LogP contribution in [0, 0.1) is 0 Å². The molecule has 13 heavy (non-hydrogen) atoms. The van der Waals surface area contributed by atoms with Gasteiger partial charge in [0.2, 0.25) is 0 Å². The number of halogens is 3. The van der Waals surface area contributed by atoms with Gasteiger partial charge in [-0.1, -0.05) is 34.8 Å². The Morgan fingerprint density at radius 1 is 1.08 bits per heavy atom. The third kappa shape index (κ3) is 1.57. The van der Waals surface area contributed by atoms with Gasteiger partial charge in [-0.2, -0.15) is 0 Å². The molecule has 1 heterocycles. The molecule has 5 heteroatoms. The predicted octanol–water partition coefficient (Wildman–Crippen LogP) is 3.59. The lowest BCUT2D eigenvalue weighted by Gasteiger charge is -2.00. The number of benzene rings is 1. The molecule has 0 bridgehead atoms. The first-order valence-corrected chi connectivity index (χ1v) is 4.58. The van der Waals surface area contributed by atoms with Gasteiger partial charge in [0.05, 0.1) is 21.8 Å². The van der Waals surface area contributed by atoms with Gasteiger partial charge in [0.25, 0.3) is 0 Å². The fourth-order valence-electron chi connectivity index (χ4n) is 1.00. The number of fused-ring (bicyclic) bond motifs is 1. The van der Waals surface area contributed by atoms with E-state index in [2.05, 4.69) is 9.97 Å². The molecular weight excluding hydrogens is 230 g/mol. The van der Waals surface area contributed by atoms with Gasteiger partial charge in [0.15, 0.2) is 0 Å². The number of hydrogen-bond acceptors (Lipinski definition) is 2. The topological polar surface area (TPSA) is 25.8 Å². The Kier molecular flexibility index (Phi) is 2.28. The van der Waals surface area contributed by atoms with Gasteiger partial charge in [-0.05, 0) is 12.1 Å². The SMILES string of the molecule is Clc1cnc2c(Cl)c(Cl)ccc2n1. The number of nitrogens with zero attached hydrogens (tertiary/aromatic N) is 2. The van der Waals surface area contributed by atoms with Crippen molar-refractivity contribution in [3.8, 4) is 0 Å². The standard InChI is InChI=1S/C8H3Cl3N2/c9-4-1-2-5-8(7(4)11)12-3-6(10)13-5/h1-3H. The third-order valence-corrected chi connectivity index (χ3v) is 2.55. The molecule has 0 aliphatic heterocycles. The Balaban J connectivity index is 2.87. The maximum atomic E-state index is 5.90. The van der Waals surface area contributed by atoms with Crippen LogP contribution in [-0.2, 0) is 0 Å². The monoisotopic (exact) mass is 232 g/mol. The second-order valence-electron chi connectivity index (χ2n) is 2.42. The van der Waals surface area contributed by atoms with Crippen molar-refractivity contribution in [1.29, 1.82) is 0 Å². The highest BCUT2D eigenvalue weighted by molar-refractivity contribution is 6.44. The number of rotatable bonds is 0. The number of aromatic nitrogens is 2. The highest BCUT2D eigenvalue weighted by atomic mass is 35.5. The molecule has 0 aliphatic carbocycles. The van der Waals surface area contributed by atoms with Crippen LogP contribution in [0.25, 0.3) is 11.0 Å². The minimum absolute atomic E-state index is 0.339. The van der Waals surface area contributed by atoms with E-state index in [1.165, 1.54) is 6.20 Å². The van der Waals surface area contributed by atoms with Crippen LogP contribution in [0.2, 0.25) is 15.2 Å². The van der Waals surface area contributed by atoms with Crippen molar-refractivity contribution in [2.45, 2.75) is 0 Å². The predicted molar refractivity (Wildman–Crippen MR) is 54.6 cm³/mol. The summed E-state index contributed by atoms with van der Waals surface area (Å²) < 4.78 is 0. The van der Waals surface area contributed by atoms with E-state index in [-0.39, 0.29) is 0 Å². The van der Waals surface area contributed by atoms with E-state index >= 15 is 0 Å². The van der Waals surface area contributed by atoms with Crippen LogP contribution in [-0.4, -0.2) is 9.97 Å². The maximum absolute atomic E-state index is 5.90. The summed E-state index contributed by atoms with van der Waals surface area (Å²) in [5, 5.41) is 1.21. The molecule has 0 atom stereocenters. The fourth-order valence-corrected chi connectivity index (χ4v) is 1.51. The summed E-state index contributed by atoms with van der Waals surface area (Å²) in [5.74, 6) is 0. The van der Waals surface area contributed by atoms with Crippen LogP contribution in [0.5, 0.6) is 0 Å². The molecule has 1 aromatic carbocycles. The summed E-state index contributed by atoms with van der Waals surface area (Å²) in [7, 11) is 0. The van der Waals surface area contributed by atoms with Crippen molar-refractivity contribution < 1.29 is 0 Å². The Hall–Kier alpha value is -0.570. The third-order valence-electron chi connectivity index (χ3n) is 1.58. The second-order valence-corrected chi connectivity index (χ2v) is 3.59. The Morgan fingerprint density at radius 3 is 2.62 bits per heavy atom. The zero-order chi connectivity index (χ0) is 9.42. The molecule has 2 aromatic rings. The molecule has 0 saturated heterocycles. The molecule has 2 rings (SSSR count). The normalized spacial score (nSPS) is 10.7. The van der Waals surface area contributed by atoms with Gasteiger partial charge in [-0.3, -0.25) is 0 Å². The molecule has 0 spiro atoms. The lowest BCUT2D eigenvalue weighted by molar-refractivity contribution is 1.29. The first-order valence-electron chi connectivity index (χ1n) is 3.45. The quantitative estimate of drug-likeness (QED) is 0.695. The fraction of sp³-hybridized carbons (Fsp3) is 0. The minimum Gasteiger partial charge on any atom is -0.250 e. The smallest absolute Gasteiger partial charge is 0.148 e. The Bertz CT molecular complexity index is 470. The Morgan fingerprint density at radius 2 is 1.85 bits per heavy atom. The first kappa shape index (κ1) is 9.00. The molecule has 0 unspecified atom stereocenters. The lowest BCUT2D eigenvalue weighted by Crippen LogP contribution is -1.85. The zero-order valence-corrected chi connectivity index (χ0v) is 8.53. The van der Waals surface area contributed by atoms with E-state index in [0.29, 0.717) is 26.2 Å². The maximum Gasteiger partial charge on any atom is 0.148 e. The molecule has 1 aromatic heterocycles. The van der Waals surface area contributed by atoms with Crippen molar-refractivity contribution >= 4 is 45.8 Å². The molecule has 0 fully saturated rings.